The first kappa shape index (κ1) is 11.2. The van der Waals surface area contributed by atoms with E-state index in [1.54, 1.807) is 0 Å². The first-order valence-corrected chi connectivity index (χ1v) is 6.33. The van der Waals surface area contributed by atoms with Crippen molar-refractivity contribution in [3.8, 4) is 0 Å². The van der Waals surface area contributed by atoms with Crippen LogP contribution in [0.15, 0.2) is 12.2 Å². The van der Waals surface area contributed by atoms with Crippen LogP contribution in [-0.2, 0) is 0 Å². The molecule has 2 rings (SSSR count). The van der Waals surface area contributed by atoms with Crippen molar-refractivity contribution in [3.05, 3.63) is 12.2 Å². The monoisotopic (exact) mass is 209 g/mol. The molecule has 0 aromatic heterocycles. The van der Waals surface area contributed by atoms with Crippen molar-refractivity contribution in [3.63, 3.8) is 0 Å². The minimum absolute atomic E-state index is 0.301. The molecule has 15 heavy (non-hydrogen) atoms. The van der Waals surface area contributed by atoms with Crippen LogP contribution in [0.2, 0.25) is 0 Å². The summed E-state index contributed by atoms with van der Waals surface area (Å²) in [5, 5.41) is 12.8. The Morgan fingerprint density at radius 2 is 2.13 bits per heavy atom. The summed E-state index contributed by atoms with van der Waals surface area (Å²) in [5.74, 6) is 1.28. The Morgan fingerprint density at radius 1 is 1.27 bits per heavy atom. The molecule has 0 bridgehead atoms. The summed E-state index contributed by atoms with van der Waals surface area (Å²) in [4.78, 5) is 0. The van der Waals surface area contributed by atoms with Crippen molar-refractivity contribution >= 4 is 0 Å². The molecule has 0 aliphatic heterocycles. The van der Waals surface area contributed by atoms with Gasteiger partial charge >= 0.3 is 0 Å². The fraction of sp³-hybridized carbons (Fsp3) is 0.846. The van der Waals surface area contributed by atoms with Gasteiger partial charge in [-0.3, -0.25) is 0 Å². The van der Waals surface area contributed by atoms with Crippen LogP contribution in [0, 0.1) is 11.8 Å². The van der Waals surface area contributed by atoms with E-state index in [1.807, 2.05) is 0 Å². The fourth-order valence-electron chi connectivity index (χ4n) is 2.92. The van der Waals surface area contributed by atoms with Gasteiger partial charge in [-0.2, -0.15) is 0 Å². The molecule has 2 aliphatic rings. The molecule has 0 spiro atoms. The molecule has 1 fully saturated rings. The number of hydrogen-bond acceptors (Lipinski definition) is 2. The average Bonchev–Trinajstić information content (AvgIpc) is 2.65. The van der Waals surface area contributed by atoms with Gasteiger partial charge in [0.2, 0.25) is 0 Å². The summed E-state index contributed by atoms with van der Waals surface area (Å²) in [5.41, 5.74) is 0. The zero-order valence-electron chi connectivity index (χ0n) is 9.65. The highest BCUT2D eigenvalue weighted by Crippen LogP contribution is 2.25. The van der Waals surface area contributed by atoms with Gasteiger partial charge in [-0.05, 0) is 25.2 Å². The van der Waals surface area contributed by atoms with Gasteiger partial charge in [0.25, 0.3) is 0 Å². The topological polar surface area (TPSA) is 32.3 Å². The molecule has 0 amide bonds. The molecule has 0 saturated heterocycles. The van der Waals surface area contributed by atoms with Crippen LogP contribution in [0.4, 0.5) is 0 Å². The van der Waals surface area contributed by atoms with Gasteiger partial charge < -0.3 is 10.4 Å². The van der Waals surface area contributed by atoms with Gasteiger partial charge in [-0.25, -0.2) is 0 Å². The molecular weight excluding hydrogens is 186 g/mol. The minimum Gasteiger partial charge on any atom is -0.396 e. The second-order valence-electron chi connectivity index (χ2n) is 5.31. The van der Waals surface area contributed by atoms with E-state index in [2.05, 4.69) is 24.4 Å². The summed E-state index contributed by atoms with van der Waals surface area (Å²) >= 11 is 0. The fourth-order valence-corrected chi connectivity index (χ4v) is 2.92. The Bertz CT molecular complexity index is 227. The smallest absolute Gasteiger partial charge is 0.0494 e. The van der Waals surface area contributed by atoms with Crippen molar-refractivity contribution in [1.82, 2.24) is 5.32 Å². The number of nitrogens with one attached hydrogen (secondary N) is 1. The van der Waals surface area contributed by atoms with Crippen molar-refractivity contribution < 1.29 is 5.11 Å². The molecule has 0 heterocycles. The molecule has 2 heteroatoms. The highest BCUT2D eigenvalue weighted by Gasteiger charge is 2.24. The maximum atomic E-state index is 9.05. The molecule has 4 atom stereocenters. The third-order valence-electron chi connectivity index (χ3n) is 3.79. The van der Waals surface area contributed by atoms with E-state index >= 15 is 0 Å². The number of aliphatic hydroxyl groups is 1. The van der Waals surface area contributed by atoms with Gasteiger partial charge in [0.1, 0.15) is 0 Å². The lowest BCUT2D eigenvalue weighted by molar-refractivity contribution is 0.237. The summed E-state index contributed by atoms with van der Waals surface area (Å²) < 4.78 is 0. The van der Waals surface area contributed by atoms with E-state index in [0.29, 0.717) is 24.6 Å². The zero-order chi connectivity index (χ0) is 10.7. The molecule has 0 aromatic rings. The van der Waals surface area contributed by atoms with Gasteiger partial charge in [-0.1, -0.05) is 31.9 Å². The van der Waals surface area contributed by atoms with Crippen LogP contribution in [0.5, 0.6) is 0 Å². The van der Waals surface area contributed by atoms with Crippen LogP contribution >= 0.6 is 0 Å². The lowest BCUT2D eigenvalue weighted by Gasteiger charge is -2.29. The van der Waals surface area contributed by atoms with Crippen molar-refractivity contribution in [2.75, 3.05) is 6.61 Å². The van der Waals surface area contributed by atoms with Gasteiger partial charge in [-0.15, -0.1) is 0 Å². The molecule has 2 N–H and O–H groups in total. The molecular formula is C13H23NO. The van der Waals surface area contributed by atoms with E-state index in [-0.39, 0.29) is 0 Å². The highest BCUT2D eigenvalue weighted by atomic mass is 16.3. The van der Waals surface area contributed by atoms with Gasteiger partial charge in [0.15, 0.2) is 0 Å². The van der Waals surface area contributed by atoms with Crippen molar-refractivity contribution in [2.45, 2.75) is 51.1 Å². The average molecular weight is 209 g/mol. The Morgan fingerprint density at radius 3 is 2.80 bits per heavy atom. The first-order chi connectivity index (χ1) is 7.28. The molecule has 1 saturated carbocycles. The molecule has 0 aromatic carbocycles. The Labute approximate surface area is 92.8 Å². The van der Waals surface area contributed by atoms with Gasteiger partial charge in [0, 0.05) is 24.6 Å². The van der Waals surface area contributed by atoms with Crippen LogP contribution in [0.1, 0.15) is 39.0 Å². The molecule has 86 valence electrons. The Hall–Kier alpha value is -0.340. The summed E-state index contributed by atoms with van der Waals surface area (Å²) in [6.07, 6.45) is 10.9. The van der Waals surface area contributed by atoms with Crippen molar-refractivity contribution in [1.29, 1.82) is 0 Å². The SMILES string of the molecule is C[C@H]1CCC[C@@H](N[C@@H]2C=C[C@H](CO)C2)C1. The van der Waals surface area contributed by atoms with E-state index in [1.165, 1.54) is 25.7 Å². The normalized spacial score (nSPS) is 40.9. The highest BCUT2D eigenvalue weighted by molar-refractivity contribution is 5.06. The van der Waals surface area contributed by atoms with E-state index in [4.69, 9.17) is 5.11 Å². The molecule has 2 aliphatic carbocycles. The third kappa shape index (κ3) is 3.05. The number of rotatable bonds is 3. The zero-order valence-corrected chi connectivity index (χ0v) is 9.65. The summed E-state index contributed by atoms with van der Waals surface area (Å²) in [6, 6.07) is 1.22. The standard InChI is InChI=1S/C13H23NO/c1-10-3-2-4-12(7-10)14-13-6-5-11(8-13)9-15/h5-6,10-15H,2-4,7-9H2,1H3/t10-,11-,12+,13+/m0/s1. The number of hydrogen-bond donors (Lipinski definition) is 2. The predicted octanol–water partition coefficient (Wildman–Crippen LogP) is 2.09. The minimum atomic E-state index is 0.301. The van der Waals surface area contributed by atoms with Gasteiger partial charge in [0.05, 0.1) is 0 Å². The van der Waals surface area contributed by atoms with Crippen LogP contribution in [0.3, 0.4) is 0 Å². The quantitative estimate of drug-likeness (QED) is 0.698. The summed E-state index contributed by atoms with van der Waals surface area (Å²) in [6.45, 7) is 2.66. The molecule has 2 nitrogen and oxygen atoms in total. The number of aliphatic hydroxyl groups excluding tert-OH is 1. The molecule has 0 unspecified atom stereocenters. The van der Waals surface area contributed by atoms with Crippen LogP contribution in [-0.4, -0.2) is 23.8 Å². The van der Waals surface area contributed by atoms with E-state index < -0.39 is 0 Å². The van der Waals surface area contributed by atoms with Crippen molar-refractivity contribution in [2.24, 2.45) is 11.8 Å². The third-order valence-corrected chi connectivity index (χ3v) is 3.79. The van der Waals surface area contributed by atoms with E-state index in [9.17, 15) is 0 Å². The lowest BCUT2D eigenvalue weighted by atomic mass is 9.86. The lowest BCUT2D eigenvalue weighted by Crippen LogP contribution is -2.39. The summed E-state index contributed by atoms with van der Waals surface area (Å²) in [7, 11) is 0. The second kappa shape index (κ2) is 5.13. The Balaban J connectivity index is 1.75. The van der Waals surface area contributed by atoms with Crippen LogP contribution in [0.25, 0.3) is 0 Å². The Kier molecular flexibility index (Phi) is 3.81. The maximum Gasteiger partial charge on any atom is 0.0494 e. The maximum absolute atomic E-state index is 9.05. The first-order valence-electron chi connectivity index (χ1n) is 6.33. The largest absolute Gasteiger partial charge is 0.396 e. The van der Waals surface area contributed by atoms with Crippen LogP contribution < -0.4 is 5.32 Å². The molecule has 0 radical (unpaired) electrons. The predicted molar refractivity (Wildman–Crippen MR) is 62.7 cm³/mol. The second-order valence-corrected chi connectivity index (χ2v) is 5.31. The van der Waals surface area contributed by atoms with E-state index in [0.717, 1.165) is 12.3 Å².